The maximum Gasteiger partial charge on any atom is 0.261 e. The Labute approximate surface area is 300 Å². The van der Waals surface area contributed by atoms with Crippen LogP contribution in [0.2, 0.25) is 0 Å². The number of nitrogens with two attached hydrogens (primary N) is 1. The third-order valence-corrected chi connectivity index (χ3v) is 9.84. The number of carbonyl (C=O) groups excluding carboxylic acids is 4. The molecule has 51 heavy (non-hydrogen) atoms. The van der Waals surface area contributed by atoms with Crippen molar-refractivity contribution in [3.05, 3.63) is 94.1 Å². The van der Waals surface area contributed by atoms with E-state index in [9.17, 15) is 28.0 Å². The van der Waals surface area contributed by atoms with E-state index in [1.807, 2.05) is 9.80 Å². The highest BCUT2D eigenvalue weighted by molar-refractivity contribution is 6.21. The maximum atomic E-state index is 13.6. The lowest BCUT2D eigenvalue weighted by atomic mass is 10.1. The van der Waals surface area contributed by atoms with Crippen LogP contribution in [0.3, 0.4) is 0 Å². The predicted molar refractivity (Wildman–Crippen MR) is 186 cm³/mol. The van der Waals surface area contributed by atoms with Gasteiger partial charge in [0, 0.05) is 58.0 Å². The van der Waals surface area contributed by atoms with Gasteiger partial charge in [0.05, 0.1) is 65.9 Å². The van der Waals surface area contributed by atoms with E-state index in [1.165, 1.54) is 30.4 Å². The third-order valence-electron chi connectivity index (χ3n) is 9.84. The fraction of sp³-hybridized carbons (Fsp3) is 0.444. The molecule has 15 heteroatoms. The fourth-order valence-electron chi connectivity index (χ4n) is 6.67. The molecule has 3 aromatic rings. The van der Waals surface area contributed by atoms with Gasteiger partial charge in [-0.25, -0.2) is 8.78 Å². The number of amides is 4. The van der Waals surface area contributed by atoms with E-state index >= 15 is 0 Å². The molecule has 5 aliphatic rings. The minimum atomic E-state index is -0.430. The molecule has 3 aliphatic heterocycles. The summed E-state index contributed by atoms with van der Waals surface area (Å²) in [6.45, 7) is 3.41. The summed E-state index contributed by atoms with van der Waals surface area (Å²) in [6.07, 6.45) is 10.6. The van der Waals surface area contributed by atoms with Gasteiger partial charge in [-0.2, -0.15) is 10.2 Å². The van der Waals surface area contributed by atoms with E-state index in [4.69, 9.17) is 5.73 Å². The van der Waals surface area contributed by atoms with E-state index in [0.717, 1.165) is 36.6 Å². The van der Waals surface area contributed by atoms with E-state index < -0.39 is 11.8 Å². The molecule has 8 rings (SSSR count). The summed E-state index contributed by atoms with van der Waals surface area (Å²) in [6, 6.07) is 6.57. The number of fused-ring (bicyclic) bond motifs is 3. The van der Waals surface area contributed by atoms with Crippen LogP contribution in [0, 0.1) is 11.8 Å². The summed E-state index contributed by atoms with van der Waals surface area (Å²) in [5.74, 6) is 0.477. The Bertz CT molecular complexity index is 1860. The summed E-state index contributed by atoms with van der Waals surface area (Å²) < 4.78 is 29.3. The largest absolute Gasteiger partial charge is 0.338 e. The topological polar surface area (TPSA) is 140 Å². The van der Waals surface area contributed by atoms with Gasteiger partial charge in [-0.05, 0) is 60.8 Å². The molecule has 2 aromatic heterocycles. The van der Waals surface area contributed by atoms with Crippen LogP contribution in [-0.4, -0.2) is 97.2 Å². The zero-order valence-electron chi connectivity index (χ0n) is 28.2. The van der Waals surface area contributed by atoms with Crippen molar-refractivity contribution in [2.24, 2.45) is 17.6 Å². The zero-order valence-corrected chi connectivity index (χ0v) is 29.0. The molecule has 0 spiro atoms. The van der Waals surface area contributed by atoms with E-state index in [0.29, 0.717) is 77.5 Å². The lowest BCUT2D eigenvalue weighted by molar-refractivity contribution is 0.0663. The number of carbonyl (C=O) groups is 4. The minimum Gasteiger partial charge on any atom is -0.338 e. The van der Waals surface area contributed by atoms with Crippen molar-refractivity contribution in [3.8, 4) is 0 Å². The van der Waals surface area contributed by atoms with Gasteiger partial charge in [0.15, 0.2) is 0 Å². The van der Waals surface area contributed by atoms with Crippen LogP contribution in [0.1, 0.15) is 78.5 Å². The first-order chi connectivity index (χ1) is 24.3. The molecule has 0 saturated heterocycles. The molecule has 2 saturated carbocycles. The monoisotopic (exact) mass is 722 g/mol. The number of hydrogen-bond donors (Lipinski definition) is 1. The van der Waals surface area contributed by atoms with Gasteiger partial charge in [0.1, 0.15) is 0 Å². The Hall–Kier alpha value is -4.69. The lowest BCUT2D eigenvalue weighted by Crippen LogP contribution is -2.38. The maximum absolute atomic E-state index is 13.6. The van der Waals surface area contributed by atoms with Crippen LogP contribution in [0.25, 0.3) is 0 Å². The van der Waals surface area contributed by atoms with Crippen LogP contribution in [0.5, 0.6) is 0 Å². The second-order valence-electron chi connectivity index (χ2n) is 13.7. The van der Waals surface area contributed by atoms with Gasteiger partial charge in [-0.1, -0.05) is 12.1 Å². The van der Waals surface area contributed by atoms with Crippen molar-refractivity contribution in [3.63, 3.8) is 0 Å². The Kier molecular flexibility index (Phi) is 10.8. The SMILES string of the molecule is Cl.NC/C(=C\F)Cn1cc2c(n1)CCN(CC1CC1)C2=O.O=C1c2cn(C/C(=C/F)CN3C(=O)c4ccccc4C3=O)nc2CCN1CC1CC1. The Morgan fingerprint density at radius 2 is 1.14 bits per heavy atom. The van der Waals surface area contributed by atoms with E-state index in [1.54, 1.807) is 41.3 Å². The number of benzene rings is 1. The summed E-state index contributed by atoms with van der Waals surface area (Å²) in [7, 11) is 0. The first kappa shape index (κ1) is 36.1. The van der Waals surface area contributed by atoms with E-state index in [2.05, 4.69) is 10.2 Å². The predicted octanol–water partition coefficient (Wildman–Crippen LogP) is 3.97. The normalized spacial score (nSPS) is 18.7. The van der Waals surface area contributed by atoms with Crippen LogP contribution in [-0.2, 0) is 25.9 Å². The van der Waals surface area contributed by atoms with Crippen LogP contribution in [0.4, 0.5) is 8.78 Å². The second kappa shape index (κ2) is 15.3. The van der Waals surface area contributed by atoms with Crippen molar-refractivity contribution in [2.75, 3.05) is 39.3 Å². The van der Waals surface area contributed by atoms with Gasteiger partial charge in [0.2, 0.25) is 0 Å². The Morgan fingerprint density at radius 3 is 1.55 bits per heavy atom. The first-order valence-electron chi connectivity index (χ1n) is 17.2. The summed E-state index contributed by atoms with van der Waals surface area (Å²) in [5, 5.41) is 8.82. The fourth-order valence-corrected chi connectivity index (χ4v) is 6.67. The van der Waals surface area contributed by atoms with E-state index in [-0.39, 0.29) is 49.4 Å². The molecule has 2 aliphatic carbocycles. The van der Waals surface area contributed by atoms with Gasteiger partial charge in [-0.15, -0.1) is 12.4 Å². The quantitative estimate of drug-likeness (QED) is 0.296. The molecule has 0 atom stereocenters. The van der Waals surface area contributed by atoms with Crippen LogP contribution < -0.4 is 5.73 Å². The van der Waals surface area contributed by atoms with Crippen LogP contribution in [0.15, 0.2) is 60.5 Å². The molecule has 2 N–H and O–H groups in total. The zero-order chi connectivity index (χ0) is 34.9. The second-order valence-corrected chi connectivity index (χ2v) is 13.7. The van der Waals surface area contributed by atoms with Gasteiger partial charge in [-0.3, -0.25) is 33.4 Å². The molecule has 1 aromatic carbocycles. The summed E-state index contributed by atoms with van der Waals surface area (Å²) in [5.41, 5.74) is 9.54. The van der Waals surface area contributed by atoms with Crippen molar-refractivity contribution < 1.29 is 28.0 Å². The highest BCUT2D eigenvalue weighted by Gasteiger charge is 2.36. The number of imide groups is 1. The Morgan fingerprint density at radius 1 is 0.686 bits per heavy atom. The average Bonchev–Trinajstić information content (AvgIpc) is 4.03. The summed E-state index contributed by atoms with van der Waals surface area (Å²) in [4.78, 5) is 55.0. The number of aromatic nitrogens is 4. The molecule has 2 fully saturated rings. The number of halogens is 3. The molecular weight excluding hydrogens is 682 g/mol. The lowest BCUT2D eigenvalue weighted by Gasteiger charge is -2.25. The van der Waals surface area contributed by atoms with Gasteiger partial charge < -0.3 is 15.5 Å². The minimum absolute atomic E-state index is 0. The van der Waals surface area contributed by atoms with Crippen molar-refractivity contribution in [2.45, 2.75) is 51.6 Å². The molecule has 270 valence electrons. The highest BCUT2D eigenvalue weighted by Crippen LogP contribution is 2.32. The third kappa shape index (κ3) is 7.81. The van der Waals surface area contributed by atoms with Crippen LogP contribution >= 0.6 is 12.4 Å². The van der Waals surface area contributed by atoms with Gasteiger partial charge >= 0.3 is 0 Å². The van der Waals surface area contributed by atoms with Crippen molar-refractivity contribution in [1.82, 2.24) is 34.3 Å². The molecular formula is C36H41ClF2N8O4. The van der Waals surface area contributed by atoms with Crippen molar-refractivity contribution >= 4 is 36.0 Å². The number of hydrogen-bond acceptors (Lipinski definition) is 7. The molecule has 0 unspecified atom stereocenters. The summed E-state index contributed by atoms with van der Waals surface area (Å²) >= 11 is 0. The molecule has 5 heterocycles. The molecule has 0 radical (unpaired) electrons. The van der Waals surface area contributed by atoms with Gasteiger partial charge in [0.25, 0.3) is 23.6 Å². The Balaban J connectivity index is 0.000000186. The highest BCUT2D eigenvalue weighted by atomic mass is 35.5. The number of rotatable bonds is 11. The van der Waals surface area contributed by atoms with Crippen molar-refractivity contribution in [1.29, 1.82) is 0 Å². The molecule has 0 bridgehead atoms. The number of nitrogens with zero attached hydrogens (tertiary/aromatic N) is 7. The first-order valence-corrected chi connectivity index (χ1v) is 17.2. The molecule has 4 amide bonds. The standard InChI is InChI=1S/C22H21FN4O3.C14H19FN4O.ClH/c23-9-15(12-27-21(29)16-3-1-2-4-17(16)22(27)30)11-26-13-18-19(24-26)7-8-25(20(18)28)10-14-5-6-14;15-5-11(6-16)8-19-9-12-13(17-19)3-4-18(14(12)20)7-10-1-2-10;/h1-4,9,13-14H,5-8,10-12H2;5,9-10H,1-4,6-8,16H2;1H/b15-9-;11-5+;. The smallest absolute Gasteiger partial charge is 0.261 e. The molecule has 12 nitrogen and oxygen atoms in total. The average molecular weight is 723 g/mol.